The third-order valence-electron chi connectivity index (χ3n) is 5.26. The highest BCUT2D eigenvalue weighted by atomic mass is 35.5. The van der Waals surface area contributed by atoms with Crippen molar-refractivity contribution in [3.05, 3.63) is 106 Å². The molecule has 5 nitrogen and oxygen atoms in total. The Kier molecular flexibility index (Phi) is 7.30. The first-order chi connectivity index (χ1) is 17.0. The number of carbonyl (C=O) groups excluding carboxylic acids is 1. The summed E-state index contributed by atoms with van der Waals surface area (Å²) in [6, 6.07) is 24.3. The molecule has 0 aromatic heterocycles. The molecule has 0 saturated carbocycles. The second-order valence-electron chi connectivity index (χ2n) is 7.60. The molecule has 4 aromatic rings. The first-order valence-electron chi connectivity index (χ1n) is 10.6. The number of benzene rings is 4. The Labute approximate surface area is 207 Å². The predicted molar refractivity (Wildman–Crippen MR) is 135 cm³/mol. The number of amides is 1. The van der Waals surface area contributed by atoms with E-state index >= 15 is 0 Å². The molecule has 4 aromatic carbocycles. The van der Waals surface area contributed by atoms with Crippen LogP contribution in [0.5, 0.6) is 11.5 Å². The molecule has 0 aliphatic heterocycles. The van der Waals surface area contributed by atoms with Crippen LogP contribution in [0, 0.1) is 17.1 Å². The van der Waals surface area contributed by atoms with E-state index in [1.807, 2.05) is 42.5 Å². The van der Waals surface area contributed by atoms with Gasteiger partial charge in [-0.25, -0.2) is 4.39 Å². The van der Waals surface area contributed by atoms with Crippen LogP contribution in [-0.4, -0.2) is 13.0 Å². The SMILES string of the molecule is COc1cc(/C=C(\C#N)C(=O)Nc2cccc3ccccc23)cc(Cl)c1OCc1ccc(F)cc1. The second kappa shape index (κ2) is 10.7. The average Bonchev–Trinajstić information content (AvgIpc) is 2.87. The molecule has 1 amide bonds. The molecule has 1 N–H and O–H groups in total. The summed E-state index contributed by atoms with van der Waals surface area (Å²) in [4.78, 5) is 12.9. The molecule has 0 radical (unpaired) electrons. The summed E-state index contributed by atoms with van der Waals surface area (Å²) in [7, 11) is 1.46. The highest BCUT2D eigenvalue weighted by Crippen LogP contribution is 2.37. The van der Waals surface area contributed by atoms with Crippen LogP contribution in [0.3, 0.4) is 0 Å². The van der Waals surface area contributed by atoms with Gasteiger partial charge in [-0.3, -0.25) is 4.79 Å². The number of fused-ring (bicyclic) bond motifs is 1. The molecule has 7 heteroatoms. The van der Waals surface area contributed by atoms with Gasteiger partial charge in [-0.2, -0.15) is 5.26 Å². The van der Waals surface area contributed by atoms with E-state index in [9.17, 15) is 14.4 Å². The monoisotopic (exact) mass is 486 g/mol. The van der Waals surface area contributed by atoms with Crippen LogP contribution < -0.4 is 14.8 Å². The largest absolute Gasteiger partial charge is 0.493 e. The minimum Gasteiger partial charge on any atom is -0.493 e. The number of hydrogen-bond acceptors (Lipinski definition) is 4. The molecular formula is C28H20ClFN2O3. The summed E-state index contributed by atoms with van der Waals surface area (Å²) in [5.41, 5.74) is 1.75. The van der Waals surface area contributed by atoms with Gasteiger partial charge in [0.1, 0.15) is 24.1 Å². The lowest BCUT2D eigenvalue weighted by Crippen LogP contribution is -2.13. The first-order valence-corrected chi connectivity index (χ1v) is 11.0. The van der Waals surface area contributed by atoms with Gasteiger partial charge < -0.3 is 14.8 Å². The molecule has 0 heterocycles. The van der Waals surface area contributed by atoms with Gasteiger partial charge in [0.25, 0.3) is 5.91 Å². The van der Waals surface area contributed by atoms with Crippen molar-refractivity contribution < 1.29 is 18.7 Å². The van der Waals surface area contributed by atoms with E-state index in [4.69, 9.17) is 21.1 Å². The van der Waals surface area contributed by atoms with Crippen LogP contribution in [-0.2, 0) is 11.4 Å². The summed E-state index contributed by atoms with van der Waals surface area (Å²) >= 11 is 6.43. The number of nitrogens with one attached hydrogen (secondary N) is 1. The molecular weight excluding hydrogens is 467 g/mol. The number of carbonyl (C=O) groups is 1. The summed E-state index contributed by atoms with van der Waals surface area (Å²) in [5, 5.41) is 14.5. The smallest absolute Gasteiger partial charge is 0.266 e. The quantitative estimate of drug-likeness (QED) is 0.231. The zero-order valence-corrected chi connectivity index (χ0v) is 19.5. The van der Waals surface area contributed by atoms with E-state index in [0.717, 1.165) is 16.3 Å². The molecule has 0 fully saturated rings. The van der Waals surface area contributed by atoms with Crippen molar-refractivity contribution in [2.75, 3.05) is 12.4 Å². The molecule has 0 bridgehead atoms. The number of hydrogen-bond donors (Lipinski definition) is 1. The Morgan fingerprint density at radius 1 is 1.09 bits per heavy atom. The van der Waals surface area contributed by atoms with Crippen molar-refractivity contribution in [2.24, 2.45) is 0 Å². The van der Waals surface area contributed by atoms with E-state index in [2.05, 4.69) is 5.32 Å². The van der Waals surface area contributed by atoms with Crippen LogP contribution in [0.1, 0.15) is 11.1 Å². The Bertz CT molecular complexity index is 1450. The molecule has 4 rings (SSSR count). The maximum Gasteiger partial charge on any atom is 0.266 e. The lowest BCUT2D eigenvalue weighted by molar-refractivity contribution is -0.112. The van der Waals surface area contributed by atoms with Gasteiger partial charge in [0, 0.05) is 11.1 Å². The van der Waals surface area contributed by atoms with Crippen molar-refractivity contribution in [3.8, 4) is 17.6 Å². The average molecular weight is 487 g/mol. The van der Waals surface area contributed by atoms with E-state index in [1.54, 1.807) is 30.3 Å². The number of halogens is 2. The maximum atomic E-state index is 13.1. The van der Waals surface area contributed by atoms with Crippen molar-refractivity contribution in [1.82, 2.24) is 0 Å². The van der Waals surface area contributed by atoms with Crippen molar-refractivity contribution in [2.45, 2.75) is 6.61 Å². The summed E-state index contributed by atoms with van der Waals surface area (Å²) in [6.45, 7) is 0.155. The topological polar surface area (TPSA) is 71.3 Å². The van der Waals surface area contributed by atoms with E-state index < -0.39 is 5.91 Å². The number of nitrogens with zero attached hydrogens (tertiary/aromatic N) is 1. The van der Waals surface area contributed by atoms with Crippen molar-refractivity contribution in [1.29, 1.82) is 5.26 Å². The lowest BCUT2D eigenvalue weighted by Gasteiger charge is -2.14. The zero-order chi connectivity index (χ0) is 24.8. The lowest BCUT2D eigenvalue weighted by atomic mass is 10.1. The third-order valence-corrected chi connectivity index (χ3v) is 5.54. The van der Waals surface area contributed by atoms with Crippen molar-refractivity contribution >= 4 is 40.0 Å². The van der Waals surface area contributed by atoms with Crippen LogP contribution in [0.2, 0.25) is 5.02 Å². The molecule has 0 aliphatic carbocycles. The summed E-state index contributed by atoms with van der Waals surface area (Å²) in [6.07, 6.45) is 1.43. The van der Waals surface area contributed by atoms with Gasteiger partial charge >= 0.3 is 0 Å². The molecule has 0 saturated heterocycles. The van der Waals surface area contributed by atoms with Gasteiger partial charge in [-0.15, -0.1) is 0 Å². The van der Waals surface area contributed by atoms with Crippen LogP contribution in [0.15, 0.2) is 84.4 Å². The number of nitriles is 1. The number of anilines is 1. The number of rotatable bonds is 7. The fraction of sp³-hybridized carbons (Fsp3) is 0.0714. The van der Waals surface area contributed by atoms with Crippen molar-refractivity contribution in [3.63, 3.8) is 0 Å². The molecule has 174 valence electrons. The van der Waals surface area contributed by atoms with Crippen LogP contribution >= 0.6 is 11.6 Å². The molecule has 0 unspecified atom stereocenters. The van der Waals surface area contributed by atoms with Gasteiger partial charge in [-0.1, -0.05) is 60.1 Å². The summed E-state index contributed by atoms with van der Waals surface area (Å²) < 4.78 is 24.3. The minimum atomic E-state index is -0.546. The molecule has 0 atom stereocenters. The van der Waals surface area contributed by atoms with Gasteiger partial charge in [0.2, 0.25) is 0 Å². The van der Waals surface area contributed by atoms with Gasteiger partial charge in [0.15, 0.2) is 11.5 Å². The van der Waals surface area contributed by atoms with Gasteiger partial charge in [0.05, 0.1) is 12.1 Å². The molecule has 0 spiro atoms. The Morgan fingerprint density at radius 3 is 2.57 bits per heavy atom. The molecule has 35 heavy (non-hydrogen) atoms. The van der Waals surface area contributed by atoms with E-state index in [-0.39, 0.29) is 23.0 Å². The Hall–Kier alpha value is -4.34. The second-order valence-corrected chi connectivity index (χ2v) is 8.01. The highest BCUT2D eigenvalue weighted by molar-refractivity contribution is 6.32. The van der Waals surface area contributed by atoms with Crippen LogP contribution in [0.25, 0.3) is 16.8 Å². The molecule has 0 aliphatic rings. The fourth-order valence-electron chi connectivity index (χ4n) is 3.54. The number of ether oxygens (including phenoxy) is 2. The van der Waals surface area contributed by atoms with Gasteiger partial charge in [-0.05, 0) is 52.9 Å². The predicted octanol–water partition coefficient (Wildman–Crippen LogP) is 6.77. The Morgan fingerprint density at radius 2 is 1.83 bits per heavy atom. The minimum absolute atomic E-state index is 0.101. The normalized spacial score (nSPS) is 11.1. The highest BCUT2D eigenvalue weighted by Gasteiger charge is 2.15. The van der Waals surface area contributed by atoms with Crippen LogP contribution in [0.4, 0.5) is 10.1 Å². The summed E-state index contributed by atoms with van der Waals surface area (Å²) in [5.74, 6) is -0.249. The maximum absolute atomic E-state index is 13.1. The number of methoxy groups -OCH3 is 1. The van der Waals surface area contributed by atoms with E-state index in [0.29, 0.717) is 22.7 Å². The fourth-order valence-corrected chi connectivity index (χ4v) is 3.81. The standard InChI is InChI=1S/C28H20ClFN2O3/c1-34-26-15-19(14-24(29)27(26)35-17-18-9-11-22(30)12-10-18)13-21(16-31)28(33)32-25-8-4-6-20-5-2-3-7-23(20)25/h2-15H,17H2,1H3,(H,32,33)/b21-13+. The Balaban J connectivity index is 1.57. The zero-order valence-electron chi connectivity index (χ0n) is 18.7. The van der Waals surface area contributed by atoms with E-state index in [1.165, 1.54) is 25.3 Å². The first kappa shape index (κ1) is 23.8. The third kappa shape index (κ3) is 5.60.